The molecule has 0 aromatic heterocycles. The standard InChI is InChI=1S/C12H26N2O/c1-12(2)6-8-14(10-12)11(9-15-3)5-4-7-13/h11H,4-10,13H2,1-3H3. The molecule has 3 heteroatoms. The summed E-state index contributed by atoms with van der Waals surface area (Å²) in [6.45, 7) is 8.74. The van der Waals surface area contributed by atoms with Gasteiger partial charge in [0.2, 0.25) is 0 Å². The summed E-state index contributed by atoms with van der Waals surface area (Å²) in [6.07, 6.45) is 3.57. The highest BCUT2D eigenvalue weighted by atomic mass is 16.5. The van der Waals surface area contributed by atoms with E-state index in [9.17, 15) is 0 Å². The zero-order valence-electron chi connectivity index (χ0n) is 10.5. The smallest absolute Gasteiger partial charge is 0.0618 e. The molecule has 0 aromatic carbocycles. The molecule has 1 atom stereocenters. The lowest BCUT2D eigenvalue weighted by Crippen LogP contribution is -2.38. The largest absolute Gasteiger partial charge is 0.383 e. The van der Waals surface area contributed by atoms with Crippen molar-refractivity contribution in [3.63, 3.8) is 0 Å². The molecule has 0 aromatic rings. The summed E-state index contributed by atoms with van der Waals surface area (Å²) in [5.41, 5.74) is 6.05. The first-order chi connectivity index (χ1) is 7.09. The van der Waals surface area contributed by atoms with Crippen LogP contribution < -0.4 is 5.73 Å². The minimum absolute atomic E-state index is 0.481. The fraction of sp³-hybridized carbons (Fsp3) is 1.00. The molecule has 1 aliphatic rings. The van der Waals surface area contributed by atoms with Gasteiger partial charge in [-0.15, -0.1) is 0 Å². The summed E-state index contributed by atoms with van der Waals surface area (Å²) >= 11 is 0. The number of ether oxygens (including phenoxy) is 1. The molecule has 0 aliphatic carbocycles. The molecular weight excluding hydrogens is 188 g/mol. The number of likely N-dealkylation sites (tertiary alicyclic amines) is 1. The molecule has 1 heterocycles. The van der Waals surface area contributed by atoms with Gasteiger partial charge in [-0.1, -0.05) is 13.8 Å². The van der Waals surface area contributed by atoms with Crippen molar-refractivity contribution in [3.05, 3.63) is 0 Å². The summed E-state index contributed by atoms with van der Waals surface area (Å²) in [6, 6.07) is 0.570. The molecule has 0 radical (unpaired) electrons. The molecule has 1 unspecified atom stereocenters. The number of methoxy groups -OCH3 is 1. The third-order valence-corrected chi connectivity index (χ3v) is 3.32. The van der Waals surface area contributed by atoms with Crippen LogP contribution in [-0.2, 0) is 4.74 Å². The van der Waals surface area contributed by atoms with E-state index in [0.717, 1.165) is 19.6 Å². The zero-order chi connectivity index (χ0) is 11.3. The monoisotopic (exact) mass is 214 g/mol. The number of hydrogen-bond donors (Lipinski definition) is 1. The quantitative estimate of drug-likeness (QED) is 0.728. The first kappa shape index (κ1) is 12.9. The van der Waals surface area contributed by atoms with Crippen molar-refractivity contribution >= 4 is 0 Å². The predicted molar refractivity (Wildman–Crippen MR) is 63.9 cm³/mol. The van der Waals surface area contributed by atoms with Crippen molar-refractivity contribution in [1.29, 1.82) is 0 Å². The molecule has 0 saturated carbocycles. The number of rotatable bonds is 6. The van der Waals surface area contributed by atoms with Gasteiger partial charge in [0.1, 0.15) is 0 Å². The molecule has 1 saturated heterocycles. The van der Waals surface area contributed by atoms with Gasteiger partial charge in [-0.25, -0.2) is 0 Å². The zero-order valence-corrected chi connectivity index (χ0v) is 10.5. The Morgan fingerprint density at radius 1 is 1.47 bits per heavy atom. The van der Waals surface area contributed by atoms with E-state index in [1.54, 1.807) is 7.11 Å². The molecule has 0 amide bonds. The molecule has 1 aliphatic heterocycles. The van der Waals surface area contributed by atoms with Gasteiger partial charge in [-0.05, 0) is 37.8 Å². The average molecular weight is 214 g/mol. The van der Waals surface area contributed by atoms with Crippen LogP contribution in [0.2, 0.25) is 0 Å². The van der Waals surface area contributed by atoms with E-state index in [4.69, 9.17) is 10.5 Å². The normalized spacial score (nSPS) is 23.2. The van der Waals surface area contributed by atoms with E-state index in [1.807, 2.05) is 0 Å². The summed E-state index contributed by atoms with van der Waals surface area (Å²) in [5, 5.41) is 0. The van der Waals surface area contributed by atoms with Crippen LogP contribution >= 0.6 is 0 Å². The highest BCUT2D eigenvalue weighted by molar-refractivity contribution is 4.86. The molecule has 0 bridgehead atoms. The Kier molecular flexibility index (Phi) is 5.03. The second-order valence-corrected chi connectivity index (χ2v) is 5.42. The maximum atomic E-state index is 5.57. The second-order valence-electron chi connectivity index (χ2n) is 5.42. The van der Waals surface area contributed by atoms with Gasteiger partial charge in [-0.2, -0.15) is 0 Å². The van der Waals surface area contributed by atoms with Gasteiger partial charge in [-0.3, -0.25) is 4.90 Å². The van der Waals surface area contributed by atoms with Gasteiger partial charge >= 0.3 is 0 Å². The van der Waals surface area contributed by atoms with Gasteiger partial charge in [0.25, 0.3) is 0 Å². The highest BCUT2D eigenvalue weighted by Crippen LogP contribution is 2.30. The van der Waals surface area contributed by atoms with E-state index in [-0.39, 0.29) is 0 Å². The molecule has 1 fully saturated rings. The van der Waals surface area contributed by atoms with Crippen LogP contribution in [-0.4, -0.2) is 44.3 Å². The third-order valence-electron chi connectivity index (χ3n) is 3.32. The lowest BCUT2D eigenvalue weighted by Gasteiger charge is -2.28. The highest BCUT2D eigenvalue weighted by Gasteiger charge is 2.32. The van der Waals surface area contributed by atoms with Crippen LogP contribution in [0, 0.1) is 5.41 Å². The van der Waals surface area contributed by atoms with E-state index in [2.05, 4.69) is 18.7 Å². The van der Waals surface area contributed by atoms with Crippen LogP contribution in [0.1, 0.15) is 33.1 Å². The maximum Gasteiger partial charge on any atom is 0.0618 e. The van der Waals surface area contributed by atoms with E-state index in [0.29, 0.717) is 11.5 Å². The van der Waals surface area contributed by atoms with Gasteiger partial charge in [0, 0.05) is 19.7 Å². The van der Waals surface area contributed by atoms with Crippen molar-refractivity contribution in [2.45, 2.75) is 39.2 Å². The Balaban J connectivity index is 2.42. The van der Waals surface area contributed by atoms with Crippen molar-refractivity contribution in [3.8, 4) is 0 Å². The topological polar surface area (TPSA) is 38.5 Å². The molecule has 1 rings (SSSR count). The van der Waals surface area contributed by atoms with Crippen LogP contribution in [0.3, 0.4) is 0 Å². The summed E-state index contributed by atoms with van der Waals surface area (Å²) in [5.74, 6) is 0. The van der Waals surface area contributed by atoms with E-state index in [1.165, 1.54) is 25.9 Å². The first-order valence-corrected chi connectivity index (χ1v) is 6.02. The van der Waals surface area contributed by atoms with Gasteiger partial charge in [0.15, 0.2) is 0 Å². The van der Waals surface area contributed by atoms with E-state index >= 15 is 0 Å². The molecule has 0 spiro atoms. The lowest BCUT2D eigenvalue weighted by molar-refractivity contribution is 0.0931. The molecule has 3 nitrogen and oxygen atoms in total. The number of nitrogens with zero attached hydrogens (tertiary/aromatic N) is 1. The van der Waals surface area contributed by atoms with Crippen molar-refractivity contribution in [2.24, 2.45) is 11.1 Å². The number of hydrogen-bond acceptors (Lipinski definition) is 3. The van der Waals surface area contributed by atoms with Crippen LogP contribution in [0.5, 0.6) is 0 Å². The summed E-state index contributed by atoms with van der Waals surface area (Å²) < 4.78 is 5.30. The Morgan fingerprint density at radius 2 is 2.20 bits per heavy atom. The molecule has 15 heavy (non-hydrogen) atoms. The fourth-order valence-corrected chi connectivity index (χ4v) is 2.38. The minimum atomic E-state index is 0.481. The van der Waals surface area contributed by atoms with Gasteiger partial charge in [0.05, 0.1) is 6.61 Å². The summed E-state index contributed by atoms with van der Waals surface area (Å²) in [4.78, 5) is 2.57. The minimum Gasteiger partial charge on any atom is -0.383 e. The van der Waals surface area contributed by atoms with E-state index < -0.39 is 0 Å². The molecule has 90 valence electrons. The average Bonchev–Trinajstić information content (AvgIpc) is 2.53. The van der Waals surface area contributed by atoms with Crippen LogP contribution in [0.4, 0.5) is 0 Å². The predicted octanol–water partition coefficient (Wildman–Crippen LogP) is 1.47. The first-order valence-electron chi connectivity index (χ1n) is 6.02. The summed E-state index contributed by atoms with van der Waals surface area (Å²) in [7, 11) is 1.79. The molecule has 2 N–H and O–H groups in total. The maximum absolute atomic E-state index is 5.57. The Labute approximate surface area is 94.0 Å². The second kappa shape index (κ2) is 5.83. The third kappa shape index (κ3) is 4.09. The lowest BCUT2D eigenvalue weighted by atomic mass is 9.93. The molecular formula is C12H26N2O. The van der Waals surface area contributed by atoms with Gasteiger partial charge < -0.3 is 10.5 Å². The Bertz CT molecular complexity index is 182. The Hall–Kier alpha value is -0.120. The van der Waals surface area contributed by atoms with Crippen molar-refractivity contribution in [1.82, 2.24) is 4.90 Å². The van der Waals surface area contributed by atoms with Crippen LogP contribution in [0.25, 0.3) is 0 Å². The SMILES string of the molecule is COCC(CCCN)N1CCC(C)(C)C1. The Morgan fingerprint density at radius 3 is 2.67 bits per heavy atom. The van der Waals surface area contributed by atoms with Crippen LogP contribution in [0.15, 0.2) is 0 Å². The van der Waals surface area contributed by atoms with Crippen molar-refractivity contribution < 1.29 is 4.74 Å². The fourth-order valence-electron chi connectivity index (χ4n) is 2.38. The van der Waals surface area contributed by atoms with Crippen molar-refractivity contribution in [2.75, 3.05) is 33.4 Å². The number of nitrogens with two attached hydrogens (primary N) is 1.